The maximum atomic E-state index is 6.45. The largest absolute Gasteiger partial charge is 0.319 e. The molecule has 0 bridgehead atoms. The van der Waals surface area contributed by atoms with Gasteiger partial charge in [-0.3, -0.25) is 4.98 Å². The van der Waals surface area contributed by atoms with Gasteiger partial charge in [-0.25, -0.2) is 0 Å². The van der Waals surface area contributed by atoms with Crippen molar-refractivity contribution in [2.24, 2.45) is 5.73 Å². The normalized spacial score (nSPS) is 13.5. The van der Waals surface area contributed by atoms with Gasteiger partial charge in [0.2, 0.25) is 0 Å². The molecule has 1 atom stereocenters. The average Bonchev–Trinajstić information content (AvgIpc) is 2.95. The zero-order chi connectivity index (χ0) is 15.0. The van der Waals surface area contributed by atoms with Crippen molar-refractivity contribution in [3.63, 3.8) is 0 Å². The molecular formula is C16H18N4S. The van der Waals surface area contributed by atoms with E-state index < -0.39 is 0 Å². The Bertz CT molecular complexity index is 773. The lowest BCUT2D eigenvalue weighted by Gasteiger charge is -2.19. The summed E-state index contributed by atoms with van der Waals surface area (Å²) in [6, 6.07) is 9.93. The molecule has 0 aliphatic rings. The van der Waals surface area contributed by atoms with E-state index in [0.29, 0.717) is 0 Å². The van der Waals surface area contributed by atoms with E-state index in [2.05, 4.69) is 47.5 Å². The highest BCUT2D eigenvalue weighted by Gasteiger charge is 2.26. The maximum absolute atomic E-state index is 6.45. The van der Waals surface area contributed by atoms with Gasteiger partial charge in [-0.1, -0.05) is 43.5 Å². The molecule has 0 saturated carbocycles. The van der Waals surface area contributed by atoms with Crippen LogP contribution in [0.25, 0.3) is 10.9 Å². The standard InChI is InChI=1S/C16H18N4S/c1-16(2,3)15-14(21-20-19-15)13(17)11-7-6-10-5-4-8-18-12(10)9-11/h4-9,13H,17H2,1-3H3. The molecule has 2 heterocycles. The first-order valence-corrected chi connectivity index (χ1v) is 7.67. The smallest absolute Gasteiger partial charge is 0.0860 e. The molecular weight excluding hydrogens is 280 g/mol. The Balaban J connectivity index is 2.04. The first-order valence-electron chi connectivity index (χ1n) is 6.90. The first kappa shape index (κ1) is 14.1. The molecule has 5 heteroatoms. The van der Waals surface area contributed by atoms with E-state index in [1.54, 1.807) is 6.20 Å². The summed E-state index contributed by atoms with van der Waals surface area (Å²) >= 11 is 1.38. The molecule has 108 valence electrons. The number of aromatic nitrogens is 3. The molecule has 0 spiro atoms. The SMILES string of the molecule is CC(C)(C)c1nnsc1C(N)c1ccc2cccnc2c1. The molecule has 4 nitrogen and oxygen atoms in total. The molecule has 1 aromatic carbocycles. The maximum Gasteiger partial charge on any atom is 0.0860 e. The van der Waals surface area contributed by atoms with E-state index in [-0.39, 0.29) is 11.5 Å². The van der Waals surface area contributed by atoms with Crippen LogP contribution < -0.4 is 5.73 Å². The number of hydrogen-bond donors (Lipinski definition) is 1. The van der Waals surface area contributed by atoms with E-state index in [0.717, 1.165) is 27.0 Å². The zero-order valence-electron chi connectivity index (χ0n) is 12.4. The molecule has 1 unspecified atom stereocenters. The van der Waals surface area contributed by atoms with Crippen LogP contribution in [0.3, 0.4) is 0 Å². The van der Waals surface area contributed by atoms with Crippen LogP contribution in [-0.4, -0.2) is 14.6 Å². The average molecular weight is 298 g/mol. The van der Waals surface area contributed by atoms with Crippen LogP contribution in [0.15, 0.2) is 36.5 Å². The summed E-state index contributed by atoms with van der Waals surface area (Å²) in [4.78, 5) is 5.42. The topological polar surface area (TPSA) is 64.7 Å². The predicted molar refractivity (Wildman–Crippen MR) is 86.4 cm³/mol. The Morgan fingerprint density at radius 3 is 2.76 bits per heavy atom. The molecule has 21 heavy (non-hydrogen) atoms. The van der Waals surface area contributed by atoms with Crippen LogP contribution in [0.2, 0.25) is 0 Å². The lowest BCUT2D eigenvalue weighted by atomic mass is 9.89. The molecule has 3 rings (SSSR count). The van der Waals surface area contributed by atoms with Crippen LogP contribution in [0, 0.1) is 0 Å². The molecule has 0 saturated heterocycles. The van der Waals surface area contributed by atoms with Crippen molar-refractivity contribution in [1.82, 2.24) is 14.6 Å². The summed E-state index contributed by atoms with van der Waals surface area (Å²) in [6.07, 6.45) is 1.80. The van der Waals surface area contributed by atoms with Gasteiger partial charge >= 0.3 is 0 Å². The number of nitrogens with two attached hydrogens (primary N) is 1. The van der Waals surface area contributed by atoms with Crippen molar-refractivity contribution in [2.75, 3.05) is 0 Å². The van der Waals surface area contributed by atoms with Gasteiger partial charge in [-0.15, -0.1) is 5.10 Å². The minimum atomic E-state index is -0.217. The molecule has 2 aromatic heterocycles. The van der Waals surface area contributed by atoms with Crippen LogP contribution in [-0.2, 0) is 5.41 Å². The molecule has 0 radical (unpaired) electrons. The van der Waals surface area contributed by atoms with Crippen LogP contribution in [0.1, 0.15) is 42.9 Å². The van der Waals surface area contributed by atoms with Crippen molar-refractivity contribution in [3.8, 4) is 0 Å². The lowest BCUT2D eigenvalue weighted by molar-refractivity contribution is 0.556. The van der Waals surface area contributed by atoms with E-state index in [9.17, 15) is 0 Å². The monoisotopic (exact) mass is 298 g/mol. The fraction of sp³-hybridized carbons (Fsp3) is 0.312. The second kappa shape index (κ2) is 5.16. The summed E-state index contributed by atoms with van der Waals surface area (Å²) in [6.45, 7) is 6.38. The number of hydrogen-bond acceptors (Lipinski definition) is 5. The lowest BCUT2D eigenvalue weighted by Crippen LogP contribution is -2.19. The van der Waals surface area contributed by atoms with Crippen molar-refractivity contribution in [1.29, 1.82) is 0 Å². The zero-order valence-corrected chi connectivity index (χ0v) is 13.2. The number of pyridine rings is 1. The van der Waals surface area contributed by atoms with Crippen molar-refractivity contribution in [3.05, 3.63) is 52.7 Å². The van der Waals surface area contributed by atoms with E-state index in [1.165, 1.54) is 11.5 Å². The third-order valence-electron chi connectivity index (χ3n) is 3.50. The highest BCUT2D eigenvalue weighted by Crippen LogP contribution is 2.32. The first-order chi connectivity index (χ1) is 9.97. The van der Waals surface area contributed by atoms with Crippen molar-refractivity contribution < 1.29 is 0 Å². The quantitative estimate of drug-likeness (QED) is 0.787. The van der Waals surface area contributed by atoms with E-state index in [4.69, 9.17) is 5.73 Å². The summed E-state index contributed by atoms with van der Waals surface area (Å²) in [7, 11) is 0. The van der Waals surface area contributed by atoms with Gasteiger partial charge in [0.15, 0.2) is 0 Å². The Hall–Kier alpha value is -1.85. The van der Waals surface area contributed by atoms with Crippen LogP contribution >= 0.6 is 11.5 Å². The number of benzene rings is 1. The summed E-state index contributed by atoms with van der Waals surface area (Å²) in [5, 5.41) is 5.39. The number of rotatable bonds is 2. The fourth-order valence-electron chi connectivity index (χ4n) is 2.35. The van der Waals surface area contributed by atoms with Gasteiger partial charge in [0, 0.05) is 17.0 Å². The van der Waals surface area contributed by atoms with Gasteiger partial charge < -0.3 is 5.73 Å². The second-order valence-corrected chi connectivity index (χ2v) is 6.95. The third kappa shape index (κ3) is 2.66. The predicted octanol–water partition coefficient (Wildman–Crippen LogP) is 3.43. The van der Waals surface area contributed by atoms with Crippen LogP contribution in [0.4, 0.5) is 0 Å². The van der Waals surface area contributed by atoms with Gasteiger partial charge in [0.1, 0.15) is 0 Å². The molecule has 0 aliphatic heterocycles. The molecule has 0 amide bonds. The molecule has 2 N–H and O–H groups in total. The Morgan fingerprint density at radius 1 is 1.19 bits per heavy atom. The summed E-state index contributed by atoms with van der Waals surface area (Å²) in [5.74, 6) is 0. The van der Waals surface area contributed by atoms with Gasteiger partial charge in [-0.2, -0.15) is 0 Å². The van der Waals surface area contributed by atoms with Gasteiger partial charge in [0.25, 0.3) is 0 Å². The van der Waals surface area contributed by atoms with Gasteiger partial charge in [0.05, 0.1) is 22.1 Å². The Morgan fingerprint density at radius 2 is 2.00 bits per heavy atom. The Kier molecular flexibility index (Phi) is 3.47. The number of nitrogens with zero attached hydrogens (tertiary/aromatic N) is 3. The highest BCUT2D eigenvalue weighted by molar-refractivity contribution is 7.05. The highest BCUT2D eigenvalue weighted by atomic mass is 32.1. The summed E-state index contributed by atoms with van der Waals surface area (Å²) < 4.78 is 4.09. The molecule has 3 aromatic rings. The van der Waals surface area contributed by atoms with E-state index >= 15 is 0 Å². The third-order valence-corrected chi connectivity index (χ3v) is 4.30. The van der Waals surface area contributed by atoms with E-state index in [1.807, 2.05) is 18.2 Å². The van der Waals surface area contributed by atoms with Crippen molar-refractivity contribution >= 4 is 22.4 Å². The van der Waals surface area contributed by atoms with Crippen molar-refractivity contribution in [2.45, 2.75) is 32.2 Å². The second-order valence-electron chi connectivity index (χ2n) is 6.17. The molecule has 0 fully saturated rings. The fourth-order valence-corrected chi connectivity index (χ4v) is 3.24. The molecule has 0 aliphatic carbocycles. The minimum absolute atomic E-state index is 0.0605. The summed E-state index contributed by atoms with van der Waals surface area (Å²) in [5.41, 5.74) is 9.36. The van der Waals surface area contributed by atoms with Gasteiger partial charge in [-0.05, 0) is 29.2 Å². The minimum Gasteiger partial charge on any atom is -0.319 e. The number of fused-ring (bicyclic) bond motifs is 1. The Labute approximate surface area is 128 Å². The van der Waals surface area contributed by atoms with Crippen LogP contribution in [0.5, 0.6) is 0 Å².